The third-order valence-corrected chi connectivity index (χ3v) is 4.48. The van der Waals surface area contributed by atoms with Crippen molar-refractivity contribution < 1.29 is 13.2 Å². The quantitative estimate of drug-likeness (QED) is 0.472. The SMILES string of the molecule is CC=Cc1ccc(-c2ccc(-c3cc(F)c(C)c(F)c3)c(F)c2)c(C)c1. The molecule has 0 bridgehead atoms. The summed E-state index contributed by atoms with van der Waals surface area (Å²) < 4.78 is 42.2. The molecule has 3 rings (SSSR count). The maximum Gasteiger partial charge on any atom is 0.131 e. The molecule has 0 aliphatic carbocycles. The van der Waals surface area contributed by atoms with Crippen LogP contribution in [-0.2, 0) is 0 Å². The summed E-state index contributed by atoms with van der Waals surface area (Å²) in [6.07, 6.45) is 3.96. The third-order valence-electron chi connectivity index (χ3n) is 4.48. The lowest BCUT2D eigenvalue weighted by Gasteiger charge is -2.11. The average Bonchev–Trinajstić information content (AvgIpc) is 2.59. The molecule has 0 saturated heterocycles. The molecule has 0 nitrogen and oxygen atoms in total. The minimum Gasteiger partial charge on any atom is -0.207 e. The van der Waals surface area contributed by atoms with Crippen molar-refractivity contribution in [2.24, 2.45) is 0 Å². The van der Waals surface area contributed by atoms with Gasteiger partial charge in [0.1, 0.15) is 17.5 Å². The Hall–Kier alpha value is -2.81. The van der Waals surface area contributed by atoms with Gasteiger partial charge in [-0.3, -0.25) is 0 Å². The molecule has 0 amide bonds. The van der Waals surface area contributed by atoms with Crippen molar-refractivity contribution in [2.75, 3.05) is 0 Å². The zero-order chi connectivity index (χ0) is 18.8. The fourth-order valence-electron chi connectivity index (χ4n) is 3.02. The standard InChI is InChI=1S/C23H19F3/c1-4-5-16-6-8-19(14(2)10-16)17-7-9-20(23(26)11-17)18-12-21(24)15(3)22(25)13-18/h4-13H,1-3H3. The van der Waals surface area contributed by atoms with Gasteiger partial charge in [-0.15, -0.1) is 0 Å². The molecular weight excluding hydrogens is 333 g/mol. The number of aryl methyl sites for hydroxylation is 1. The monoisotopic (exact) mass is 352 g/mol. The summed E-state index contributed by atoms with van der Waals surface area (Å²) in [7, 11) is 0. The Morgan fingerprint density at radius 1 is 0.692 bits per heavy atom. The molecule has 3 heteroatoms. The fourth-order valence-corrected chi connectivity index (χ4v) is 3.02. The van der Waals surface area contributed by atoms with Gasteiger partial charge in [-0.25, -0.2) is 13.2 Å². The van der Waals surface area contributed by atoms with Gasteiger partial charge in [0.25, 0.3) is 0 Å². The summed E-state index contributed by atoms with van der Waals surface area (Å²) in [4.78, 5) is 0. The predicted molar refractivity (Wildman–Crippen MR) is 101 cm³/mol. The van der Waals surface area contributed by atoms with E-state index in [1.165, 1.54) is 13.0 Å². The Morgan fingerprint density at radius 2 is 1.31 bits per heavy atom. The lowest BCUT2D eigenvalue weighted by atomic mass is 9.95. The lowest BCUT2D eigenvalue weighted by molar-refractivity contribution is 0.568. The number of hydrogen-bond donors (Lipinski definition) is 0. The predicted octanol–water partition coefficient (Wildman–Crippen LogP) is 7.09. The second kappa shape index (κ2) is 7.20. The molecule has 0 heterocycles. The molecule has 0 fully saturated rings. The van der Waals surface area contributed by atoms with E-state index in [0.717, 1.165) is 34.4 Å². The van der Waals surface area contributed by atoms with Crippen LogP contribution >= 0.6 is 0 Å². The number of allylic oxidation sites excluding steroid dienone is 1. The van der Waals surface area contributed by atoms with Crippen LogP contribution in [0.4, 0.5) is 13.2 Å². The fraction of sp³-hybridized carbons (Fsp3) is 0.130. The first-order chi connectivity index (χ1) is 12.4. The first-order valence-electron chi connectivity index (χ1n) is 8.40. The second-order valence-electron chi connectivity index (χ2n) is 6.33. The number of hydrogen-bond acceptors (Lipinski definition) is 0. The number of benzene rings is 3. The molecule has 0 radical (unpaired) electrons. The summed E-state index contributed by atoms with van der Waals surface area (Å²) in [5.74, 6) is -1.88. The highest BCUT2D eigenvalue weighted by Crippen LogP contribution is 2.31. The highest BCUT2D eigenvalue weighted by molar-refractivity contribution is 5.74. The summed E-state index contributed by atoms with van der Waals surface area (Å²) in [5, 5.41) is 0. The third kappa shape index (κ3) is 3.43. The molecule has 3 aromatic carbocycles. The summed E-state index contributed by atoms with van der Waals surface area (Å²) in [5.41, 5.74) is 4.05. The van der Waals surface area contributed by atoms with Crippen molar-refractivity contribution in [3.05, 3.63) is 88.7 Å². The van der Waals surface area contributed by atoms with E-state index in [4.69, 9.17) is 0 Å². The summed E-state index contributed by atoms with van der Waals surface area (Å²) in [6, 6.07) is 13.0. The van der Waals surface area contributed by atoms with Gasteiger partial charge in [-0.05, 0) is 66.8 Å². The van der Waals surface area contributed by atoms with Gasteiger partial charge in [-0.1, -0.05) is 42.5 Å². The number of halogens is 3. The van der Waals surface area contributed by atoms with Crippen molar-refractivity contribution in [3.8, 4) is 22.3 Å². The van der Waals surface area contributed by atoms with E-state index in [9.17, 15) is 13.2 Å². The molecule has 0 saturated carbocycles. The minimum atomic E-state index is -0.682. The molecule has 3 aromatic rings. The maximum absolute atomic E-state index is 14.7. The highest BCUT2D eigenvalue weighted by atomic mass is 19.1. The lowest BCUT2D eigenvalue weighted by Crippen LogP contribution is -1.93. The van der Waals surface area contributed by atoms with Gasteiger partial charge in [0.2, 0.25) is 0 Å². The van der Waals surface area contributed by atoms with E-state index in [-0.39, 0.29) is 16.7 Å². The van der Waals surface area contributed by atoms with E-state index in [1.54, 1.807) is 12.1 Å². The van der Waals surface area contributed by atoms with Crippen molar-refractivity contribution in [3.63, 3.8) is 0 Å². The van der Waals surface area contributed by atoms with Crippen molar-refractivity contribution in [2.45, 2.75) is 20.8 Å². The zero-order valence-electron chi connectivity index (χ0n) is 14.9. The molecule has 26 heavy (non-hydrogen) atoms. The topological polar surface area (TPSA) is 0 Å². The molecular formula is C23H19F3. The Kier molecular flexibility index (Phi) is 4.99. The zero-order valence-corrected chi connectivity index (χ0v) is 14.9. The van der Waals surface area contributed by atoms with Gasteiger partial charge >= 0.3 is 0 Å². The van der Waals surface area contributed by atoms with Crippen molar-refractivity contribution in [1.29, 1.82) is 0 Å². The Labute approximate surface area is 151 Å². The molecule has 0 aliphatic heterocycles. The van der Waals surface area contributed by atoms with Gasteiger partial charge in [0.15, 0.2) is 0 Å². The van der Waals surface area contributed by atoms with Crippen LogP contribution in [0.1, 0.15) is 23.6 Å². The van der Waals surface area contributed by atoms with Crippen LogP contribution in [0.2, 0.25) is 0 Å². The van der Waals surface area contributed by atoms with Crippen molar-refractivity contribution >= 4 is 6.08 Å². The van der Waals surface area contributed by atoms with Crippen LogP contribution in [0.5, 0.6) is 0 Å². The van der Waals surface area contributed by atoms with Crippen LogP contribution in [0.3, 0.4) is 0 Å². The van der Waals surface area contributed by atoms with E-state index < -0.39 is 17.5 Å². The normalized spacial score (nSPS) is 11.3. The largest absolute Gasteiger partial charge is 0.207 e. The molecule has 0 unspecified atom stereocenters. The minimum absolute atomic E-state index is 0.0670. The number of rotatable bonds is 3. The average molecular weight is 352 g/mol. The van der Waals surface area contributed by atoms with Crippen molar-refractivity contribution in [1.82, 2.24) is 0 Å². The smallest absolute Gasteiger partial charge is 0.131 e. The molecule has 0 atom stereocenters. The maximum atomic E-state index is 14.7. The molecule has 0 aliphatic rings. The van der Waals surface area contributed by atoms with Crippen LogP contribution < -0.4 is 0 Å². The second-order valence-corrected chi connectivity index (χ2v) is 6.33. The highest BCUT2D eigenvalue weighted by Gasteiger charge is 2.13. The Morgan fingerprint density at radius 3 is 1.88 bits per heavy atom. The van der Waals surface area contributed by atoms with E-state index >= 15 is 0 Å². The van der Waals surface area contributed by atoms with Gasteiger partial charge in [0.05, 0.1) is 0 Å². The molecule has 0 aromatic heterocycles. The summed E-state index contributed by atoms with van der Waals surface area (Å²) >= 11 is 0. The summed E-state index contributed by atoms with van der Waals surface area (Å²) in [6.45, 7) is 5.28. The van der Waals surface area contributed by atoms with E-state index in [2.05, 4.69) is 0 Å². The molecule has 0 N–H and O–H groups in total. The van der Waals surface area contributed by atoms with Crippen LogP contribution in [0.15, 0.2) is 54.6 Å². The molecule has 0 spiro atoms. The van der Waals surface area contributed by atoms with Gasteiger partial charge < -0.3 is 0 Å². The first-order valence-corrected chi connectivity index (χ1v) is 8.40. The van der Waals surface area contributed by atoms with Gasteiger partial charge in [0, 0.05) is 11.1 Å². The Balaban J connectivity index is 2.03. The van der Waals surface area contributed by atoms with E-state index in [0.29, 0.717) is 0 Å². The van der Waals surface area contributed by atoms with Crippen LogP contribution in [0.25, 0.3) is 28.3 Å². The van der Waals surface area contributed by atoms with Crippen LogP contribution in [0, 0.1) is 31.3 Å². The first kappa shape index (κ1) is 18.0. The van der Waals surface area contributed by atoms with E-state index in [1.807, 2.05) is 44.2 Å². The Bertz CT molecular complexity index is 977. The molecule has 132 valence electrons. The van der Waals surface area contributed by atoms with Gasteiger partial charge in [-0.2, -0.15) is 0 Å². The van der Waals surface area contributed by atoms with Crippen LogP contribution in [-0.4, -0.2) is 0 Å².